The van der Waals surface area contributed by atoms with Crippen molar-refractivity contribution in [3.8, 4) is 5.75 Å². The van der Waals surface area contributed by atoms with Crippen LogP contribution in [0.3, 0.4) is 0 Å². The van der Waals surface area contributed by atoms with Crippen molar-refractivity contribution in [3.63, 3.8) is 0 Å². The molecule has 0 unspecified atom stereocenters. The van der Waals surface area contributed by atoms with Gasteiger partial charge in [-0.2, -0.15) is 0 Å². The third-order valence-electron chi connectivity index (χ3n) is 4.13. The molecule has 134 valence electrons. The fourth-order valence-corrected chi connectivity index (χ4v) is 2.77. The molecule has 0 fully saturated rings. The van der Waals surface area contributed by atoms with Crippen molar-refractivity contribution in [1.82, 2.24) is 15.0 Å². The van der Waals surface area contributed by atoms with Crippen LogP contribution in [0, 0.1) is 0 Å². The molecule has 27 heavy (non-hydrogen) atoms. The number of pyridine rings is 1. The lowest BCUT2D eigenvalue weighted by atomic mass is 10.2. The lowest BCUT2D eigenvalue weighted by Crippen LogP contribution is -2.04. The molecule has 2 heterocycles. The van der Waals surface area contributed by atoms with Crippen molar-refractivity contribution in [1.29, 1.82) is 0 Å². The van der Waals surface area contributed by atoms with Crippen molar-refractivity contribution < 1.29 is 4.74 Å². The topological polar surface area (TPSA) is 86.0 Å². The first-order chi connectivity index (χ1) is 13.3. The minimum Gasteiger partial charge on any atom is -0.489 e. The minimum absolute atomic E-state index is 0.440. The summed E-state index contributed by atoms with van der Waals surface area (Å²) in [5.41, 5.74) is 8.53. The first-order valence-corrected chi connectivity index (χ1v) is 8.65. The fourth-order valence-electron chi connectivity index (χ4n) is 2.77. The maximum absolute atomic E-state index is 5.89. The molecule has 2 aromatic carbocycles. The molecule has 0 aliphatic heterocycles. The third-order valence-corrected chi connectivity index (χ3v) is 4.13. The Labute approximate surface area is 157 Å². The van der Waals surface area contributed by atoms with E-state index in [4.69, 9.17) is 10.5 Å². The summed E-state index contributed by atoms with van der Waals surface area (Å²) in [6, 6.07) is 21.7. The lowest BCUT2D eigenvalue weighted by molar-refractivity contribution is 0.306. The smallest absolute Gasteiger partial charge is 0.166 e. The quantitative estimate of drug-likeness (QED) is 0.546. The van der Waals surface area contributed by atoms with Crippen molar-refractivity contribution >= 4 is 22.7 Å². The molecule has 0 aliphatic carbocycles. The van der Waals surface area contributed by atoms with Crippen LogP contribution in [-0.2, 0) is 13.2 Å². The monoisotopic (exact) mass is 357 g/mol. The number of nitrogen functional groups attached to an aromatic ring is 1. The maximum Gasteiger partial charge on any atom is 0.166 e. The summed E-state index contributed by atoms with van der Waals surface area (Å²) in [6.45, 7) is 1.15. The molecule has 0 radical (unpaired) electrons. The second kappa shape index (κ2) is 7.70. The zero-order valence-electron chi connectivity index (χ0n) is 14.7. The number of ether oxygens (including phenoxy) is 1. The highest BCUT2D eigenvalue weighted by Crippen LogP contribution is 2.20. The van der Waals surface area contributed by atoms with Gasteiger partial charge in [0.2, 0.25) is 0 Å². The minimum atomic E-state index is 0.440. The van der Waals surface area contributed by atoms with E-state index in [-0.39, 0.29) is 0 Å². The number of nitrogens with one attached hydrogen (secondary N) is 1. The van der Waals surface area contributed by atoms with E-state index in [1.807, 2.05) is 60.7 Å². The summed E-state index contributed by atoms with van der Waals surface area (Å²) in [5, 5.41) is 4.17. The van der Waals surface area contributed by atoms with Crippen molar-refractivity contribution in [2.24, 2.45) is 0 Å². The number of aromatic nitrogens is 3. The van der Waals surface area contributed by atoms with E-state index in [1.54, 1.807) is 6.07 Å². The maximum atomic E-state index is 5.89. The summed E-state index contributed by atoms with van der Waals surface area (Å²) in [7, 11) is 0. The summed E-state index contributed by atoms with van der Waals surface area (Å²) in [6.07, 6.45) is 1.48. The number of fused-ring (bicyclic) bond motifs is 1. The van der Waals surface area contributed by atoms with Crippen LogP contribution in [0.5, 0.6) is 5.75 Å². The fraction of sp³-hybridized carbons (Fsp3) is 0.0952. The SMILES string of the molecule is Nc1ccc2c(NCc3cccc(OCc4ccccc4)c3)ncnc2n1. The molecule has 4 aromatic rings. The second-order valence-electron chi connectivity index (χ2n) is 6.10. The van der Waals surface area contributed by atoms with Crippen molar-refractivity contribution in [2.45, 2.75) is 13.2 Å². The molecule has 0 spiro atoms. The molecule has 2 aromatic heterocycles. The number of hydrogen-bond donors (Lipinski definition) is 2. The molecule has 0 amide bonds. The van der Waals surface area contributed by atoms with Gasteiger partial charge in [0.05, 0.1) is 5.39 Å². The number of hydrogen-bond acceptors (Lipinski definition) is 6. The summed E-state index contributed by atoms with van der Waals surface area (Å²) in [4.78, 5) is 12.7. The first kappa shape index (κ1) is 16.8. The highest BCUT2D eigenvalue weighted by atomic mass is 16.5. The van der Waals surface area contributed by atoms with Crippen LogP contribution < -0.4 is 15.8 Å². The van der Waals surface area contributed by atoms with Gasteiger partial charge in [-0.3, -0.25) is 0 Å². The summed E-state index contributed by atoms with van der Waals surface area (Å²) in [5.74, 6) is 2.00. The summed E-state index contributed by atoms with van der Waals surface area (Å²) < 4.78 is 5.89. The largest absolute Gasteiger partial charge is 0.489 e. The number of benzene rings is 2. The first-order valence-electron chi connectivity index (χ1n) is 8.65. The average molecular weight is 357 g/mol. The van der Waals surface area contributed by atoms with Gasteiger partial charge in [-0.25, -0.2) is 15.0 Å². The normalized spacial score (nSPS) is 10.7. The molecule has 6 heteroatoms. The zero-order chi connectivity index (χ0) is 18.5. The number of nitrogens with zero attached hydrogens (tertiary/aromatic N) is 3. The number of anilines is 2. The Kier molecular flexibility index (Phi) is 4.78. The highest BCUT2D eigenvalue weighted by Gasteiger charge is 2.05. The van der Waals surface area contributed by atoms with Crippen LogP contribution in [0.15, 0.2) is 73.1 Å². The van der Waals surface area contributed by atoms with Gasteiger partial charge in [-0.15, -0.1) is 0 Å². The third kappa shape index (κ3) is 4.12. The van der Waals surface area contributed by atoms with Gasteiger partial charge in [0.1, 0.15) is 30.3 Å². The predicted octanol–water partition coefficient (Wildman–Crippen LogP) is 3.80. The molecule has 4 rings (SSSR count). The van der Waals surface area contributed by atoms with E-state index >= 15 is 0 Å². The van der Waals surface area contributed by atoms with Gasteiger partial charge in [-0.1, -0.05) is 42.5 Å². The molecular formula is C21H19N5O. The predicted molar refractivity (Wildman–Crippen MR) is 106 cm³/mol. The van der Waals surface area contributed by atoms with Crippen LogP contribution in [0.1, 0.15) is 11.1 Å². The van der Waals surface area contributed by atoms with E-state index in [0.717, 1.165) is 28.1 Å². The molecule has 0 atom stereocenters. The Morgan fingerprint density at radius 1 is 0.889 bits per heavy atom. The van der Waals surface area contributed by atoms with Crippen LogP contribution in [-0.4, -0.2) is 15.0 Å². The van der Waals surface area contributed by atoms with Crippen molar-refractivity contribution in [2.75, 3.05) is 11.1 Å². The average Bonchev–Trinajstić information content (AvgIpc) is 2.71. The molecular weight excluding hydrogens is 338 g/mol. The van der Waals surface area contributed by atoms with E-state index in [2.05, 4.69) is 20.3 Å². The molecule has 0 saturated carbocycles. The van der Waals surface area contributed by atoms with E-state index < -0.39 is 0 Å². The van der Waals surface area contributed by atoms with Crippen molar-refractivity contribution in [3.05, 3.63) is 84.2 Å². The Morgan fingerprint density at radius 2 is 1.74 bits per heavy atom. The van der Waals surface area contributed by atoms with E-state index in [0.29, 0.717) is 24.6 Å². The van der Waals surface area contributed by atoms with Gasteiger partial charge in [0.25, 0.3) is 0 Å². The Bertz CT molecular complexity index is 1050. The highest BCUT2D eigenvalue weighted by molar-refractivity contribution is 5.87. The van der Waals surface area contributed by atoms with Crippen LogP contribution in [0.2, 0.25) is 0 Å². The van der Waals surface area contributed by atoms with E-state index in [9.17, 15) is 0 Å². The molecule has 6 nitrogen and oxygen atoms in total. The molecule has 3 N–H and O–H groups in total. The van der Waals surface area contributed by atoms with Gasteiger partial charge in [0, 0.05) is 6.54 Å². The number of rotatable bonds is 6. The van der Waals surface area contributed by atoms with Crippen LogP contribution >= 0.6 is 0 Å². The Morgan fingerprint density at radius 3 is 2.63 bits per heavy atom. The molecule has 0 bridgehead atoms. The zero-order valence-corrected chi connectivity index (χ0v) is 14.7. The van der Waals surface area contributed by atoms with Gasteiger partial charge in [-0.05, 0) is 35.4 Å². The van der Waals surface area contributed by atoms with Crippen LogP contribution in [0.25, 0.3) is 11.0 Å². The lowest BCUT2D eigenvalue weighted by Gasteiger charge is -2.10. The van der Waals surface area contributed by atoms with Gasteiger partial charge >= 0.3 is 0 Å². The van der Waals surface area contributed by atoms with E-state index in [1.165, 1.54) is 6.33 Å². The molecule has 0 saturated heterocycles. The second-order valence-corrected chi connectivity index (χ2v) is 6.10. The Hall–Kier alpha value is -3.67. The van der Waals surface area contributed by atoms with Gasteiger partial charge in [0.15, 0.2) is 5.65 Å². The number of nitrogens with two attached hydrogens (primary N) is 1. The standard InChI is InChI=1S/C21H19N5O/c22-19-10-9-18-20(24-14-25-21(18)26-19)23-12-16-7-4-8-17(11-16)27-13-15-5-2-1-3-6-15/h1-11,14H,12-13H2,(H3,22,23,24,25,26). The van der Waals surface area contributed by atoms with Crippen LogP contribution in [0.4, 0.5) is 11.6 Å². The van der Waals surface area contributed by atoms with Gasteiger partial charge < -0.3 is 15.8 Å². The Balaban J connectivity index is 1.44. The molecule has 0 aliphatic rings. The summed E-state index contributed by atoms with van der Waals surface area (Å²) >= 11 is 0.